The van der Waals surface area contributed by atoms with Crippen molar-refractivity contribution in [2.45, 2.75) is 12.6 Å². The maximum Gasteiger partial charge on any atom is 0.166 e. The van der Waals surface area contributed by atoms with Crippen molar-refractivity contribution in [3.8, 4) is 5.75 Å². The Morgan fingerprint density at radius 3 is 2.32 bits per heavy atom. The minimum absolute atomic E-state index is 0.143. The minimum Gasteiger partial charge on any atom is -0.497 e. The zero-order chi connectivity index (χ0) is 13.7. The molecule has 0 aliphatic rings. The molecule has 0 radical (unpaired) electrons. The van der Waals surface area contributed by atoms with Gasteiger partial charge in [-0.25, -0.2) is 4.39 Å². The first kappa shape index (κ1) is 13.3. The van der Waals surface area contributed by atoms with Gasteiger partial charge in [0.1, 0.15) is 11.9 Å². The molecule has 19 heavy (non-hydrogen) atoms. The molecule has 0 aliphatic carbocycles. The fraction of sp³-hybridized carbons (Fsp3) is 0.188. The van der Waals surface area contributed by atoms with Crippen molar-refractivity contribution in [1.29, 1.82) is 0 Å². The van der Waals surface area contributed by atoms with Crippen LogP contribution in [0.4, 0.5) is 4.39 Å². The molecule has 0 aliphatic heterocycles. The molecule has 2 nitrogen and oxygen atoms in total. The molecule has 0 N–H and O–H groups in total. The Labute approximate surface area is 111 Å². The van der Waals surface area contributed by atoms with Crippen molar-refractivity contribution in [2.75, 3.05) is 7.11 Å². The van der Waals surface area contributed by atoms with Gasteiger partial charge in [0.2, 0.25) is 0 Å². The molecule has 0 fully saturated rings. The predicted molar refractivity (Wildman–Crippen MR) is 72.2 cm³/mol. The third-order valence-electron chi connectivity index (χ3n) is 2.94. The number of alkyl halides is 1. The second kappa shape index (κ2) is 6.14. The highest BCUT2D eigenvalue weighted by atomic mass is 19.1. The van der Waals surface area contributed by atoms with Crippen LogP contribution in [0.1, 0.15) is 28.5 Å². The van der Waals surface area contributed by atoms with Crippen LogP contribution in [0.15, 0.2) is 54.6 Å². The summed E-state index contributed by atoms with van der Waals surface area (Å²) in [6, 6.07) is 15.4. The zero-order valence-corrected chi connectivity index (χ0v) is 10.7. The predicted octanol–water partition coefficient (Wildman–Crippen LogP) is 3.98. The minimum atomic E-state index is -1.27. The molecule has 2 aromatic rings. The summed E-state index contributed by atoms with van der Waals surface area (Å²) in [5, 5.41) is 0. The van der Waals surface area contributed by atoms with Crippen LogP contribution in [-0.2, 0) is 0 Å². The molecular formula is C16H15FO2. The monoisotopic (exact) mass is 258 g/mol. The topological polar surface area (TPSA) is 26.3 Å². The average molecular weight is 258 g/mol. The van der Waals surface area contributed by atoms with Gasteiger partial charge in [0.25, 0.3) is 0 Å². The van der Waals surface area contributed by atoms with Crippen LogP contribution in [0.2, 0.25) is 0 Å². The van der Waals surface area contributed by atoms with E-state index in [9.17, 15) is 9.18 Å². The number of benzene rings is 2. The van der Waals surface area contributed by atoms with E-state index in [-0.39, 0.29) is 12.2 Å². The maximum absolute atomic E-state index is 14.0. The molecule has 0 saturated heterocycles. The largest absolute Gasteiger partial charge is 0.497 e. The first-order valence-electron chi connectivity index (χ1n) is 6.07. The number of rotatable bonds is 5. The number of ether oxygens (including phenoxy) is 1. The van der Waals surface area contributed by atoms with Crippen molar-refractivity contribution >= 4 is 5.78 Å². The summed E-state index contributed by atoms with van der Waals surface area (Å²) in [5.41, 5.74) is 1.03. The highest BCUT2D eigenvalue weighted by Gasteiger charge is 2.16. The number of hydrogen-bond acceptors (Lipinski definition) is 2. The number of halogens is 1. The zero-order valence-electron chi connectivity index (χ0n) is 10.7. The third-order valence-corrected chi connectivity index (χ3v) is 2.94. The average Bonchev–Trinajstić information content (AvgIpc) is 2.48. The molecule has 98 valence electrons. The van der Waals surface area contributed by atoms with E-state index in [1.54, 1.807) is 55.6 Å². The standard InChI is InChI=1S/C16H15FO2/c1-19-14-9-7-13(8-10-14)16(18)11-15(17)12-5-3-2-4-6-12/h2-10,15H,11H2,1H3. The van der Waals surface area contributed by atoms with Crippen molar-refractivity contribution in [3.05, 3.63) is 65.7 Å². The molecule has 3 heteroatoms. The molecule has 1 unspecified atom stereocenters. The molecular weight excluding hydrogens is 243 g/mol. The summed E-state index contributed by atoms with van der Waals surface area (Å²) in [5.74, 6) is 0.468. The second-order valence-corrected chi connectivity index (χ2v) is 4.23. The Kier molecular flexibility index (Phi) is 4.29. The van der Waals surface area contributed by atoms with Crippen LogP contribution in [0.25, 0.3) is 0 Å². The van der Waals surface area contributed by atoms with Gasteiger partial charge in [-0.3, -0.25) is 4.79 Å². The number of Topliss-reactive ketones (excluding diaryl/α,β-unsaturated/α-hetero) is 1. The lowest BCUT2D eigenvalue weighted by molar-refractivity contribution is 0.0947. The Morgan fingerprint density at radius 1 is 1.11 bits per heavy atom. The van der Waals surface area contributed by atoms with Crippen molar-refractivity contribution in [2.24, 2.45) is 0 Å². The van der Waals surface area contributed by atoms with Crippen LogP contribution in [0.5, 0.6) is 5.75 Å². The van der Waals surface area contributed by atoms with Gasteiger partial charge in [0.05, 0.1) is 7.11 Å². The number of carbonyl (C=O) groups excluding carboxylic acids is 1. The summed E-state index contributed by atoms with van der Waals surface area (Å²) in [4.78, 5) is 11.9. The molecule has 0 bridgehead atoms. The lowest BCUT2D eigenvalue weighted by Crippen LogP contribution is -2.04. The SMILES string of the molecule is COc1ccc(C(=O)CC(F)c2ccccc2)cc1. The van der Waals surface area contributed by atoms with Gasteiger partial charge in [-0.1, -0.05) is 30.3 Å². The van der Waals surface area contributed by atoms with Crippen LogP contribution < -0.4 is 4.74 Å². The van der Waals surface area contributed by atoms with E-state index >= 15 is 0 Å². The Balaban J connectivity index is 2.04. The van der Waals surface area contributed by atoms with E-state index in [1.807, 2.05) is 6.07 Å². The van der Waals surface area contributed by atoms with Gasteiger partial charge in [0, 0.05) is 12.0 Å². The summed E-state index contributed by atoms with van der Waals surface area (Å²) in [6.07, 6.45) is -1.41. The first-order chi connectivity index (χ1) is 9.20. The van der Waals surface area contributed by atoms with Crippen LogP contribution in [0.3, 0.4) is 0 Å². The van der Waals surface area contributed by atoms with Crippen molar-refractivity contribution in [3.63, 3.8) is 0 Å². The van der Waals surface area contributed by atoms with Gasteiger partial charge in [-0.05, 0) is 29.8 Å². The molecule has 0 amide bonds. The molecule has 2 aromatic carbocycles. The molecule has 2 rings (SSSR count). The van der Waals surface area contributed by atoms with Crippen LogP contribution in [0, 0.1) is 0 Å². The molecule has 0 spiro atoms. The number of hydrogen-bond donors (Lipinski definition) is 0. The molecule has 0 saturated carbocycles. The van der Waals surface area contributed by atoms with E-state index in [0.29, 0.717) is 16.9 Å². The Morgan fingerprint density at radius 2 is 1.74 bits per heavy atom. The highest BCUT2D eigenvalue weighted by Crippen LogP contribution is 2.23. The lowest BCUT2D eigenvalue weighted by Gasteiger charge is -2.08. The van der Waals surface area contributed by atoms with E-state index < -0.39 is 6.17 Å². The molecule has 0 heterocycles. The van der Waals surface area contributed by atoms with E-state index in [2.05, 4.69) is 0 Å². The number of methoxy groups -OCH3 is 1. The van der Waals surface area contributed by atoms with E-state index in [0.717, 1.165) is 0 Å². The third kappa shape index (κ3) is 3.41. The first-order valence-corrected chi connectivity index (χ1v) is 6.07. The van der Waals surface area contributed by atoms with Crippen LogP contribution in [-0.4, -0.2) is 12.9 Å². The van der Waals surface area contributed by atoms with Crippen LogP contribution >= 0.6 is 0 Å². The number of ketones is 1. The van der Waals surface area contributed by atoms with E-state index in [1.165, 1.54) is 0 Å². The normalized spacial score (nSPS) is 11.9. The van der Waals surface area contributed by atoms with Gasteiger partial charge in [-0.2, -0.15) is 0 Å². The quantitative estimate of drug-likeness (QED) is 0.758. The molecule has 1 atom stereocenters. The van der Waals surface area contributed by atoms with Crippen molar-refractivity contribution in [1.82, 2.24) is 0 Å². The number of carbonyl (C=O) groups is 1. The van der Waals surface area contributed by atoms with Crippen molar-refractivity contribution < 1.29 is 13.9 Å². The smallest absolute Gasteiger partial charge is 0.166 e. The van der Waals surface area contributed by atoms with Gasteiger partial charge < -0.3 is 4.74 Å². The summed E-state index contributed by atoms with van der Waals surface area (Å²) in [6.45, 7) is 0. The van der Waals surface area contributed by atoms with Gasteiger partial charge in [-0.15, -0.1) is 0 Å². The highest BCUT2D eigenvalue weighted by molar-refractivity contribution is 5.96. The fourth-order valence-electron chi connectivity index (χ4n) is 1.84. The summed E-state index contributed by atoms with van der Waals surface area (Å²) < 4.78 is 19.0. The maximum atomic E-state index is 14.0. The Hall–Kier alpha value is -2.16. The van der Waals surface area contributed by atoms with Gasteiger partial charge in [0.15, 0.2) is 5.78 Å². The fourth-order valence-corrected chi connectivity index (χ4v) is 1.84. The summed E-state index contributed by atoms with van der Waals surface area (Å²) >= 11 is 0. The van der Waals surface area contributed by atoms with E-state index in [4.69, 9.17) is 4.74 Å². The summed E-state index contributed by atoms with van der Waals surface area (Å²) in [7, 11) is 1.56. The Bertz CT molecular complexity index is 534. The lowest BCUT2D eigenvalue weighted by atomic mass is 10.0. The molecule has 0 aromatic heterocycles. The van der Waals surface area contributed by atoms with Gasteiger partial charge >= 0.3 is 0 Å². The second-order valence-electron chi connectivity index (χ2n) is 4.23.